The van der Waals surface area contributed by atoms with Crippen LogP contribution in [0.25, 0.3) is 0 Å². The van der Waals surface area contributed by atoms with Gasteiger partial charge in [-0.15, -0.1) is 0 Å². The first-order valence-corrected chi connectivity index (χ1v) is 10.7. The van der Waals surface area contributed by atoms with E-state index in [0.717, 1.165) is 16.1 Å². The van der Waals surface area contributed by atoms with Crippen LogP contribution in [0.3, 0.4) is 0 Å². The Morgan fingerprint density at radius 1 is 1.03 bits per heavy atom. The Morgan fingerprint density at radius 3 is 2.48 bits per heavy atom. The van der Waals surface area contributed by atoms with Crippen molar-refractivity contribution in [3.05, 3.63) is 88.4 Å². The summed E-state index contributed by atoms with van der Waals surface area (Å²) in [7, 11) is 0. The number of hydrogen-bond donors (Lipinski definition) is 2. The molecule has 0 saturated heterocycles. The molecule has 3 nitrogen and oxygen atoms in total. The summed E-state index contributed by atoms with van der Waals surface area (Å²) in [5.41, 5.74) is 4.38. The topological polar surface area (TPSA) is 41.1 Å². The van der Waals surface area contributed by atoms with Gasteiger partial charge in [-0.05, 0) is 74.4 Å². The zero-order chi connectivity index (χ0) is 20.8. The molecule has 3 aromatic carbocycles. The van der Waals surface area contributed by atoms with Gasteiger partial charge >= 0.3 is 0 Å². The van der Waals surface area contributed by atoms with Gasteiger partial charge in [-0.25, -0.2) is 0 Å². The number of carbonyl (C=O) groups excluding carboxylic acids is 1. The molecule has 0 fully saturated rings. The molecule has 29 heavy (non-hydrogen) atoms. The number of benzene rings is 3. The van der Waals surface area contributed by atoms with Crippen molar-refractivity contribution in [3.63, 3.8) is 0 Å². The lowest BCUT2D eigenvalue weighted by atomic mass is 10.1. The Hall–Kier alpha value is -2.27. The SMILES string of the molecule is Cc1ccc(Sc2ccc(NC(=O)CNC(C)c3cccc(Cl)c3)cc2)c(C)c1. The van der Waals surface area contributed by atoms with Crippen molar-refractivity contribution in [2.45, 2.75) is 36.6 Å². The number of hydrogen-bond acceptors (Lipinski definition) is 3. The van der Waals surface area contributed by atoms with Crippen LogP contribution in [0.4, 0.5) is 5.69 Å². The molecule has 3 rings (SSSR count). The van der Waals surface area contributed by atoms with Gasteiger partial charge in [-0.2, -0.15) is 0 Å². The van der Waals surface area contributed by atoms with E-state index >= 15 is 0 Å². The molecule has 0 heterocycles. The molecule has 0 spiro atoms. The van der Waals surface area contributed by atoms with Crippen LogP contribution < -0.4 is 10.6 Å². The van der Waals surface area contributed by atoms with Crippen LogP contribution in [0.15, 0.2) is 76.5 Å². The van der Waals surface area contributed by atoms with Crippen molar-refractivity contribution in [1.82, 2.24) is 5.32 Å². The van der Waals surface area contributed by atoms with Gasteiger partial charge in [0.15, 0.2) is 0 Å². The predicted octanol–water partition coefficient (Wildman–Crippen LogP) is 6.40. The summed E-state index contributed by atoms with van der Waals surface area (Å²) in [6.45, 7) is 6.47. The number of aryl methyl sites for hydroxylation is 2. The van der Waals surface area contributed by atoms with Crippen LogP contribution >= 0.6 is 23.4 Å². The summed E-state index contributed by atoms with van der Waals surface area (Å²) in [6.07, 6.45) is 0. The normalized spacial score (nSPS) is 11.9. The number of anilines is 1. The Balaban J connectivity index is 1.52. The van der Waals surface area contributed by atoms with Gasteiger partial charge in [0.25, 0.3) is 0 Å². The van der Waals surface area contributed by atoms with E-state index in [-0.39, 0.29) is 18.5 Å². The van der Waals surface area contributed by atoms with Crippen molar-refractivity contribution < 1.29 is 4.79 Å². The first-order valence-electron chi connectivity index (χ1n) is 9.54. The third kappa shape index (κ3) is 6.36. The number of amides is 1. The second-order valence-electron chi connectivity index (χ2n) is 7.10. The van der Waals surface area contributed by atoms with Gasteiger partial charge in [0.05, 0.1) is 6.54 Å². The number of carbonyl (C=O) groups is 1. The van der Waals surface area contributed by atoms with E-state index in [2.05, 4.69) is 42.7 Å². The highest BCUT2D eigenvalue weighted by atomic mass is 35.5. The quantitative estimate of drug-likeness (QED) is 0.461. The lowest BCUT2D eigenvalue weighted by Crippen LogP contribution is -2.30. The first kappa shape index (κ1) is 21.4. The van der Waals surface area contributed by atoms with E-state index in [1.54, 1.807) is 11.8 Å². The lowest BCUT2D eigenvalue weighted by molar-refractivity contribution is -0.115. The van der Waals surface area contributed by atoms with E-state index in [1.165, 1.54) is 16.0 Å². The van der Waals surface area contributed by atoms with Gasteiger partial charge in [-0.1, -0.05) is 53.2 Å². The molecule has 1 atom stereocenters. The molecule has 0 aliphatic carbocycles. The molecule has 0 aliphatic heterocycles. The fraction of sp³-hybridized carbons (Fsp3) is 0.208. The summed E-state index contributed by atoms with van der Waals surface area (Å²) in [5.74, 6) is -0.0753. The van der Waals surface area contributed by atoms with Crippen LogP contribution in [0.1, 0.15) is 29.7 Å². The smallest absolute Gasteiger partial charge is 0.238 e. The third-order valence-corrected chi connectivity index (χ3v) is 6.03. The number of halogens is 1. The first-order chi connectivity index (χ1) is 13.9. The minimum atomic E-state index is -0.0753. The van der Waals surface area contributed by atoms with E-state index in [9.17, 15) is 4.79 Å². The Bertz CT molecular complexity index is 988. The van der Waals surface area contributed by atoms with Crippen molar-refractivity contribution >= 4 is 35.0 Å². The van der Waals surface area contributed by atoms with E-state index in [0.29, 0.717) is 5.02 Å². The molecule has 3 aromatic rings. The maximum atomic E-state index is 12.3. The Morgan fingerprint density at radius 2 is 1.79 bits per heavy atom. The second-order valence-corrected chi connectivity index (χ2v) is 8.65. The third-order valence-electron chi connectivity index (χ3n) is 4.61. The largest absolute Gasteiger partial charge is 0.325 e. The zero-order valence-electron chi connectivity index (χ0n) is 16.8. The van der Waals surface area contributed by atoms with Crippen molar-refractivity contribution in [2.24, 2.45) is 0 Å². The molecule has 1 amide bonds. The average molecular weight is 425 g/mol. The standard InChI is InChI=1S/C24H25ClN2OS/c1-16-7-12-23(17(2)13-16)29-22-10-8-21(9-11-22)27-24(28)15-26-18(3)19-5-4-6-20(25)14-19/h4-14,18,26H,15H2,1-3H3,(H,27,28). The number of rotatable bonds is 7. The summed E-state index contributed by atoms with van der Waals surface area (Å²) in [5, 5.41) is 6.85. The highest BCUT2D eigenvalue weighted by Crippen LogP contribution is 2.31. The maximum absolute atomic E-state index is 12.3. The van der Waals surface area contributed by atoms with Gasteiger partial charge in [0, 0.05) is 26.5 Å². The monoisotopic (exact) mass is 424 g/mol. The fourth-order valence-corrected chi connectivity index (χ4v) is 4.07. The van der Waals surface area contributed by atoms with Gasteiger partial charge in [0.1, 0.15) is 0 Å². The summed E-state index contributed by atoms with van der Waals surface area (Å²) in [4.78, 5) is 14.6. The molecule has 0 radical (unpaired) electrons. The highest BCUT2D eigenvalue weighted by Gasteiger charge is 2.09. The summed E-state index contributed by atoms with van der Waals surface area (Å²) >= 11 is 7.76. The maximum Gasteiger partial charge on any atom is 0.238 e. The summed E-state index contributed by atoms with van der Waals surface area (Å²) < 4.78 is 0. The number of nitrogens with one attached hydrogen (secondary N) is 2. The Labute approximate surface area is 181 Å². The van der Waals surface area contributed by atoms with E-state index < -0.39 is 0 Å². The van der Waals surface area contributed by atoms with Gasteiger partial charge in [0.2, 0.25) is 5.91 Å². The van der Waals surface area contributed by atoms with Crippen LogP contribution in [0.2, 0.25) is 5.02 Å². The lowest BCUT2D eigenvalue weighted by Gasteiger charge is -2.14. The Kier molecular flexibility index (Phi) is 7.37. The van der Waals surface area contributed by atoms with E-state index in [1.807, 2.05) is 55.5 Å². The van der Waals surface area contributed by atoms with Gasteiger partial charge < -0.3 is 10.6 Å². The van der Waals surface area contributed by atoms with Crippen molar-refractivity contribution in [2.75, 3.05) is 11.9 Å². The minimum absolute atomic E-state index is 0.0379. The molecule has 2 N–H and O–H groups in total. The molecule has 150 valence electrons. The second kappa shape index (κ2) is 9.97. The van der Waals surface area contributed by atoms with Crippen LogP contribution in [0, 0.1) is 13.8 Å². The van der Waals surface area contributed by atoms with Crippen molar-refractivity contribution in [1.29, 1.82) is 0 Å². The van der Waals surface area contributed by atoms with E-state index in [4.69, 9.17) is 11.6 Å². The molecular weight excluding hydrogens is 400 g/mol. The molecule has 5 heteroatoms. The highest BCUT2D eigenvalue weighted by molar-refractivity contribution is 7.99. The molecule has 0 bridgehead atoms. The summed E-state index contributed by atoms with van der Waals surface area (Å²) in [6, 6.07) is 22.1. The fourth-order valence-electron chi connectivity index (χ4n) is 2.99. The van der Waals surface area contributed by atoms with Gasteiger partial charge in [-0.3, -0.25) is 4.79 Å². The molecule has 0 aromatic heterocycles. The van der Waals surface area contributed by atoms with Crippen molar-refractivity contribution in [3.8, 4) is 0 Å². The molecule has 1 unspecified atom stereocenters. The van der Waals surface area contributed by atoms with Crippen LogP contribution in [-0.4, -0.2) is 12.5 Å². The average Bonchev–Trinajstić information content (AvgIpc) is 2.69. The minimum Gasteiger partial charge on any atom is -0.325 e. The zero-order valence-corrected chi connectivity index (χ0v) is 18.4. The van der Waals surface area contributed by atoms with Crippen LogP contribution in [0.5, 0.6) is 0 Å². The molecule has 0 aliphatic rings. The molecule has 0 saturated carbocycles. The predicted molar refractivity (Wildman–Crippen MR) is 123 cm³/mol. The van der Waals surface area contributed by atoms with Crippen LogP contribution in [-0.2, 0) is 4.79 Å². The molecular formula is C24H25ClN2OS.